The molecule has 0 unspecified atom stereocenters. The Kier molecular flexibility index (Phi) is 3.23. The van der Waals surface area contributed by atoms with Gasteiger partial charge in [0, 0.05) is 6.04 Å². The first kappa shape index (κ1) is 9.20. The molecule has 0 saturated heterocycles. The van der Waals surface area contributed by atoms with Gasteiger partial charge >= 0.3 is 0 Å². The highest BCUT2D eigenvalue weighted by molar-refractivity contribution is 5.19. The lowest BCUT2D eigenvalue weighted by molar-refractivity contribution is 0.616. The quantitative estimate of drug-likeness (QED) is 0.735. The minimum Gasteiger partial charge on any atom is -0.324 e. The van der Waals surface area contributed by atoms with Crippen molar-refractivity contribution in [3.63, 3.8) is 0 Å². The standard InChI is InChI=1S/C10H14FN/c1-2-3-10(12)8-4-6-9(11)7-5-8/h4-7,10H,2-3,12H2,1H3/t10-/m0/s1. The fourth-order valence-electron chi connectivity index (χ4n) is 1.19. The van der Waals surface area contributed by atoms with E-state index < -0.39 is 0 Å². The average molecular weight is 167 g/mol. The van der Waals surface area contributed by atoms with Gasteiger partial charge in [-0.3, -0.25) is 0 Å². The second kappa shape index (κ2) is 4.21. The molecule has 0 amide bonds. The van der Waals surface area contributed by atoms with E-state index in [-0.39, 0.29) is 11.9 Å². The molecule has 66 valence electrons. The van der Waals surface area contributed by atoms with Crippen molar-refractivity contribution in [2.75, 3.05) is 0 Å². The summed E-state index contributed by atoms with van der Waals surface area (Å²) < 4.78 is 12.5. The molecule has 1 aromatic carbocycles. The average Bonchev–Trinajstić information content (AvgIpc) is 2.06. The van der Waals surface area contributed by atoms with E-state index in [0.29, 0.717) is 0 Å². The van der Waals surface area contributed by atoms with Gasteiger partial charge in [0.2, 0.25) is 0 Å². The molecule has 2 heteroatoms. The number of hydrogen-bond acceptors (Lipinski definition) is 1. The van der Waals surface area contributed by atoms with Gasteiger partial charge in [0.25, 0.3) is 0 Å². The minimum absolute atomic E-state index is 0.0515. The van der Waals surface area contributed by atoms with Crippen molar-refractivity contribution < 1.29 is 4.39 Å². The molecule has 0 aromatic heterocycles. The van der Waals surface area contributed by atoms with Gasteiger partial charge in [-0.05, 0) is 24.1 Å². The second-order valence-electron chi connectivity index (χ2n) is 2.95. The summed E-state index contributed by atoms with van der Waals surface area (Å²) in [5.74, 6) is -0.206. The Hall–Kier alpha value is -0.890. The number of nitrogens with two attached hydrogens (primary N) is 1. The predicted molar refractivity (Wildman–Crippen MR) is 48.2 cm³/mol. The zero-order chi connectivity index (χ0) is 8.97. The van der Waals surface area contributed by atoms with Gasteiger partial charge in [-0.2, -0.15) is 0 Å². The van der Waals surface area contributed by atoms with Crippen molar-refractivity contribution in [1.82, 2.24) is 0 Å². The summed E-state index contributed by atoms with van der Waals surface area (Å²) >= 11 is 0. The molecule has 1 aromatic rings. The van der Waals surface area contributed by atoms with E-state index in [9.17, 15) is 4.39 Å². The first-order chi connectivity index (χ1) is 5.74. The maximum absolute atomic E-state index is 12.5. The normalized spacial score (nSPS) is 12.9. The third kappa shape index (κ3) is 2.31. The topological polar surface area (TPSA) is 26.0 Å². The molecule has 0 saturated carbocycles. The Morgan fingerprint density at radius 1 is 1.33 bits per heavy atom. The largest absolute Gasteiger partial charge is 0.324 e. The van der Waals surface area contributed by atoms with Crippen LogP contribution in [0, 0.1) is 5.82 Å². The van der Waals surface area contributed by atoms with Gasteiger partial charge in [0.15, 0.2) is 0 Å². The van der Waals surface area contributed by atoms with Crippen LogP contribution in [0.15, 0.2) is 24.3 Å². The molecule has 0 aliphatic carbocycles. The fourth-order valence-corrected chi connectivity index (χ4v) is 1.19. The molecule has 0 fully saturated rings. The molecule has 1 atom stereocenters. The van der Waals surface area contributed by atoms with E-state index in [4.69, 9.17) is 5.73 Å². The molecule has 0 bridgehead atoms. The zero-order valence-corrected chi connectivity index (χ0v) is 7.26. The molecule has 0 spiro atoms. The Labute approximate surface area is 72.4 Å². The number of benzene rings is 1. The van der Waals surface area contributed by atoms with Crippen LogP contribution in [0.2, 0.25) is 0 Å². The van der Waals surface area contributed by atoms with E-state index in [1.807, 2.05) is 0 Å². The first-order valence-electron chi connectivity index (χ1n) is 4.25. The monoisotopic (exact) mass is 167 g/mol. The maximum Gasteiger partial charge on any atom is 0.123 e. The highest BCUT2D eigenvalue weighted by Crippen LogP contribution is 2.15. The van der Waals surface area contributed by atoms with E-state index in [1.54, 1.807) is 12.1 Å². The van der Waals surface area contributed by atoms with Crippen LogP contribution in [0.5, 0.6) is 0 Å². The summed E-state index contributed by atoms with van der Waals surface area (Å²) in [6, 6.07) is 6.44. The van der Waals surface area contributed by atoms with Gasteiger partial charge < -0.3 is 5.73 Å². The van der Waals surface area contributed by atoms with Gasteiger partial charge in [-0.1, -0.05) is 25.5 Å². The summed E-state index contributed by atoms with van der Waals surface area (Å²) in [5.41, 5.74) is 6.85. The van der Waals surface area contributed by atoms with Crippen molar-refractivity contribution >= 4 is 0 Å². The van der Waals surface area contributed by atoms with Crippen molar-refractivity contribution in [2.45, 2.75) is 25.8 Å². The SMILES string of the molecule is CCC[C@H](N)c1ccc(F)cc1. The maximum atomic E-state index is 12.5. The highest BCUT2D eigenvalue weighted by atomic mass is 19.1. The van der Waals surface area contributed by atoms with Crippen molar-refractivity contribution in [2.24, 2.45) is 5.73 Å². The van der Waals surface area contributed by atoms with Crippen LogP contribution < -0.4 is 5.73 Å². The molecule has 1 nitrogen and oxygen atoms in total. The first-order valence-corrected chi connectivity index (χ1v) is 4.25. The molecule has 2 N–H and O–H groups in total. The van der Waals surface area contributed by atoms with Gasteiger partial charge in [-0.25, -0.2) is 4.39 Å². The van der Waals surface area contributed by atoms with Gasteiger partial charge in [-0.15, -0.1) is 0 Å². The van der Waals surface area contributed by atoms with Crippen LogP contribution in [-0.2, 0) is 0 Å². The van der Waals surface area contributed by atoms with Crippen LogP contribution >= 0.6 is 0 Å². The highest BCUT2D eigenvalue weighted by Gasteiger charge is 2.03. The molecule has 0 heterocycles. The number of rotatable bonds is 3. The third-order valence-electron chi connectivity index (χ3n) is 1.90. The van der Waals surface area contributed by atoms with E-state index >= 15 is 0 Å². The smallest absolute Gasteiger partial charge is 0.123 e. The second-order valence-corrected chi connectivity index (χ2v) is 2.95. The Bertz CT molecular complexity index is 230. The number of hydrogen-bond donors (Lipinski definition) is 1. The Balaban J connectivity index is 2.68. The summed E-state index contributed by atoms with van der Waals surface area (Å²) in [5, 5.41) is 0. The van der Waals surface area contributed by atoms with Crippen LogP contribution in [0.1, 0.15) is 31.4 Å². The van der Waals surface area contributed by atoms with Crippen molar-refractivity contribution in [1.29, 1.82) is 0 Å². The molecular formula is C10H14FN. The van der Waals surface area contributed by atoms with Gasteiger partial charge in [0.1, 0.15) is 5.82 Å². The summed E-state index contributed by atoms with van der Waals surface area (Å²) in [7, 11) is 0. The molecule has 0 aliphatic heterocycles. The molecular weight excluding hydrogens is 153 g/mol. The van der Waals surface area contributed by atoms with E-state index in [0.717, 1.165) is 18.4 Å². The lowest BCUT2D eigenvalue weighted by Crippen LogP contribution is -2.09. The van der Waals surface area contributed by atoms with Crippen molar-refractivity contribution in [3.8, 4) is 0 Å². The van der Waals surface area contributed by atoms with Crippen LogP contribution in [0.3, 0.4) is 0 Å². The third-order valence-corrected chi connectivity index (χ3v) is 1.90. The Morgan fingerprint density at radius 3 is 2.42 bits per heavy atom. The molecule has 0 aliphatic rings. The molecule has 1 rings (SSSR count). The van der Waals surface area contributed by atoms with Crippen LogP contribution in [-0.4, -0.2) is 0 Å². The number of halogens is 1. The summed E-state index contributed by atoms with van der Waals surface area (Å²) in [6.07, 6.45) is 2.00. The fraction of sp³-hybridized carbons (Fsp3) is 0.400. The lowest BCUT2D eigenvalue weighted by atomic mass is 10.0. The van der Waals surface area contributed by atoms with Crippen LogP contribution in [0.4, 0.5) is 4.39 Å². The lowest BCUT2D eigenvalue weighted by Gasteiger charge is -2.09. The Morgan fingerprint density at radius 2 is 1.92 bits per heavy atom. The minimum atomic E-state index is -0.206. The summed E-state index contributed by atoms with van der Waals surface area (Å²) in [4.78, 5) is 0. The van der Waals surface area contributed by atoms with E-state index in [2.05, 4.69) is 6.92 Å². The van der Waals surface area contributed by atoms with Crippen LogP contribution in [0.25, 0.3) is 0 Å². The predicted octanol–water partition coefficient (Wildman–Crippen LogP) is 2.63. The van der Waals surface area contributed by atoms with Crippen molar-refractivity contribution in [3.05, 3.63) is 35.6 Å². The van der Waals surface area contributed by atoms with E-state index in [1.165, 1.54) is 12.1 Å². The zero-order valence-electron chi connectivity index (χ0n) is 7.26. The van der Waals surface area contributed by atoms with Gasteiger partial charge in [0.05, 0.1) is 0 Å². The summed E-state index contributed by atoms with van der Waals surface area (Å²) in [6.45, 7) is 2.09. The molecule has 12 heavy (non-hydrogen) atoms. The molecule has 0 radical (unpaired) electrons.